The number of amides is 1. The van der Waals surface area contributed by atoms with E-state index in [1.54, 1.807) is 18.0 Å². The fourth-order valence-corrected chi connectivity index (χ4v) is 2.98. The topological polar surface area (TPSA) is 59.8 Å². The number of nitrogens with one attached hydrogen (secondary N) is 1. The van der Waals surface area contributed by atoms with Crippen LogP contribution < -0.4 is 5.32 Å². The molecule has 0 spiro atoms. The van der Waals surface area contributed by atoms with Crippen molar-refractivity contribution in [1.82, 2.24) is 14.5 Å². The van der Waals surface area contributed by atoms with E-state index in [2.05, 4.69) is 15.3 Å². The number of hydrogen-bond acceptors (Lipinski definition) is 4. The van der Waals surface area contributed by atoms with Gasteiger partial charge >= 0.3 is 0 Å². The van der Waals surface area contributed by atoms with E-state index < -0.39 is 0 Å². The highest BCUT2D eigenvalue weighted by molar-refractivity contribution is 7.99. The van der Waals surface area contributed by atoms with Gasteiger partial charge in [-0.1, -0.05) is 35.0 Å². The molecule has 5 nitrogen and oxygen atoms in total. The Balaban J connectivity index is 1.68. The second-order valence-corrected chi connectivity index (χ2v) is 6.70. The Labute approximate surface area is 153 Å². The van der Waals surface area contributed by atoms with Crippen molar-refractivity contribution in [2.45, 2.75) is 10.1 Å². The number of nitrogens with zero attached hydrogens (tertiary/aromatic N) is 3. The summed E-state index contributed by atoms with van der Waals surface area (Å²) in [5, 5.41) is 4.10. The van der Waals surface area contributed by atoms with Gasteiger partial charge in [0.05, 0.1) is 10.6 Å². The average Bonchev–Trinajstić information content (AvgIpc) is 2.97. The molecule has 0 radical (unpaired) electrons. The second kappa shape index (κ2) is 7.25. The molecule has 0 saturated heterocycles. The molecular formula is C16H12Cl2N4OS. The lowest BCUT2D eigenvalue weighted by atomic mass is 10.2. The minimum Gasteiger partial charge on any atom is -0.329 e. The van der Waals surface area contributed by atoms with Crippen LogP contribution in [0, 0.1) is 0 Å². The summed E-state index contributed by atoms with van der Waals surface area (Å²) in [4.78, 5) is 21.3. The predicted octanol–water partition coefficient (Wildman–Crippen LogP) is 4.53. The lowest BCUT2D eigenvalue weighted by molar-refractivity contribution is 0.102. The van der Waals surface area contributed by atoms with E-state index in [4.69, 9.17) is 23.2 Å². The zero-order valence-corrected chi connectivity index (χ0v) is 14.9. The number of rotatable bonds is 4. The van der Waals surface area contributed by atoms with Gasteiger partial charge in [0.25, 0.3) is 5.91 Å². The van der Waals surface area contributed by atoms with Crippen LogP contribution >= 0.6 is 35.0 Å². The molecule has 3 aromatic rings. The number of halogens is 2. The number of benzene rings is 1. The molecule has 0 atom stereocenters. The van der Waals surface area contributed by atoms with Crippen LogP contribution in [0.2, 0.25) is 10.2 Å². The molecule has 2 heterocycles. The van der Waals surface area contributed by atoms with Gasteiger partial charge in [-0.2, -0.15) is 0 Å². The number of imidazole rings is 1. The highest BCUT2D eigenvalue weighted by atomic mass is 35.5. The Morgan fingerprint density at radius 2 is 1.96 bits per heavy atom. The number of aryl methyl sites for hydroxylation is 1. The molecule has 122 valence electrons. The SMILES string of the molecule is Cn1ccnc1Sc1ccc(NC(=O)c2cnc(Cl)c(Cl)c2)cc1. The van der Waals surface area contributed by atoms with Gasteiger partial charge in [-0.3, -0.25) is 4.79 Å². The molecule has 1 amide bonds. The third-order valence-corrected chi connectivity index (χ3v) is 4.93. The lowest BCUT2D eigenvalue weighted by Gasteiger charge is -2.07. The lowest BCUT2D eigenvalue weighted by Crippen LogP contribution is -2.12. The third kappa shape index (κ3) is 3.90. The largest absolute Gasteiger partial charge is 0.329 e. The van der Waals surface area contributed by atoms with E-state index >= 15 is 0 Å². The monoisotopic (exact) mass is 378 g/mol. The van der Waals surface area contributed by atoms with E-state index in [0.717, 1.165) is 10.1 Å². The van der Waals surface area contributed by atoms with Crippen molar-refractivity contribution >= 4 is 46.6 Å². The highest BCUT2D eigenvalue weighted by Crippen LogP contribution is 2.27. The number of carbonyl (C=O) groups is 1. The van der Waals surface area contributed by atoms with E-state index in [-0.39, 0.29) is 16.1 Å². The zero-order chi connectivity index (χ0) is 17.1. The van der Waals surface area contributed by atoms with Gasteiger partial charge in [-0.25, -0.2) is 9.97 Å². The van der Waals surface area contributed by atoms with Crippen molar-refractivity contribution in [3.8, 4) is 0 Å². The minimum atomic E-state index is -0.300. The Hall–Kier alpha value is -2.02. The van der Waals surface area contributed by atoms with E-state index in [1.165, 1.54) is 12.3 Å². The maximum absolute atomic E-state index is 12.2. The number of carbonyl (C=O) groups excluding carboxylic acids is 1. The van der Waals surface area contributed by atoms with Crippen molar-refractivity contribution in [3.05, 3.63) is 64.7 Å². The van der Waals surface area contributed by atoms with Gasteiger partial charge < -0.3 is 9.88 Å². The van der Waals surface area contributed by atoms with Gasteiger partial charge in [-0.15, -0.1) is 0 Å². The van der Waals surface area contributed by atoms with Crippen molar-refractivity contribution in [2.75, 3.05) is 5.32 Å². The Bertz CT molecular complexity index is 880. The van der Waals surface area contributed by atoms with Gasteiger partial charge in [0.2, 0.25) is 0 Å². The quantitative estimate of drug-likeness (QED) is 0.677. The van der Waals surface area contributed by atoms with Crippen LogP contribution in [-0.2, 0) is 7.05 Å². The molecule has 3 rings (SSSR count). The molecular weight excluding hydrogens is 367 g/mol. The predicted molar refractivity (Wildman–Crippen MR) is 96.0 cm³/mol. The first-order chi connectivity index (χ1) is 11.5. The first-order valence-corrected chi connectivity index (χ1v) is 8.48. The van der Waals surface area contributed by atoms with Gasteiger partial charge in [0.15, 0.2) is 5.16 Å². The summed E-state index contributed by atoms with van der Waals surface area (Å²) in [6.07, 6.45) is 5.03. The molecule has 0 bridgehead atoms. The average molecular weight is 379 g/mol. The van der Waals surface area contributed by atoms with Crippen LogP contribution in [0.4, 0.5) is 5.69 Å². The van der Waals surface area contributed by atoms with Gasteiger partial charge in [0.1, 0.15) is 5.15 Å². The fourth-order valence-electron chi connectivity index (χ4n) is 1.91. The third-order valence-electron chi connectivity index (χ3n) is 3.16. The van der Waals surface area contributed by atoms with Crippen LogP contribution in [0.1, 0.15) is 10.4 Å². The normalized spacial score (nSPS) is 10.6. The molecule has 0 saturated carbocycles. The molecule has 1 N–H and O–H groups in total. The van der Waals surface area contributed by atoms with Crippen LogP contribution in [0.3, 0.4) is 0 Å². The second-order valence-electron chi connectivity index (χ2n) is 4.90. The van der Waals surface area contributed by atoms with Crippen LogP contribution in [0.5, 0.6) is 0 Å². The van der Waals surface area contributed by atoms with Crippen LogP contribution in [0.15, 0.2) is 59.0 Å². The summed E-state index contributed by atoms with van der Waals surface area (Å²) in [7, 11) is 1.94. The standard InChI is InChI=1S/C16H12Cl2N4OS/c1-22-7-6-19-16(22)24-12-4-2-11(3-5-12)21-15(23)10-8-13(17)14(18)20-9-10/h2-9H,1H3,(H,21,23). The molecule has 0 aliphatic heterocycles. The van der Waals surface area contributed by atoms with Crippen molar-refractivity contribution in [3.63, 3.8) is 0 Å². The molecule has 1 aromatic carbocycles. The molecule has 8 heteroatoms. The fraction of sp³-hybridized carbons (Fsp3) is 0.0625. The number of anilines is 1. The Morgan fingerprint density at radius 1 is 1.21 bits per heavy atom. The summed E-state index contributed by atoms with van der Waals surface area (Å²) in [6, 6.07) is 8.98. The maximum Gasteiger partial charge on any atom is 0.257 e. The molecule has 0 aliphatic rings. The Kier molecular flexibility index (Phi) is 5.08. The molecule has 0 aliphatic carbocycles. The molecule has 24 heavy (non-hydrogen) atoms. The first-order valence-electron chi connectivity index (χ1n) is 6.90. The van der Waals surface area contributed by atoms with Gasteiger partial charge in [-0.05, 0) is 30.3 Å². The van der Waals surface area contributed by atoms with E-state index in [1.807, 2.05) is 42.1 Å². The number of aromatic nitrogens is 3. The van der Waals surface area contributed by atoms with Crippen LogP contribution in [0.25, 0.3) is 0 Å². The van der Waals surface area contributed by atoms with E-state index in [9.17, 15) is 4.79 Å². The minimum absolute atomic E-state index is 0.170. The Morgan fingerprint density at radius 3 is 2.58 bits per heavy atom. The summed E-state index contributed by atoms with van der Waals surface area (Å²) in [6.45, 7) is 0. The summed E-state index contributed by atoms with van der Waals surface area (Å²) < 4.78 is 1.94. The summed E-state index contributed by atoms with van der Waals surface area (Å²) in [5.74, 6) is -0.300. The highest BCUT2D eigenvalue weighted by Gasteiger charge is 2.10. The van der Waals surface area contributed by atoms with Crippen molar-refractivity contribution < 1.29 is 4.79 Å². The van der Waals surface area contributed by atoms with Crippen molar-refractivity contribution in [1.29, 1.82) is 0 Å². The summed E-state index contributed by atoms with van der Waals surface area (Å²) in [5.41, 5.74) is 1.02. The molecule has 0 unspecified atom stereocenters. The zero-order valence-electron chi connectivity index (χ0n) is 12.5. The first kappa shape index (κ1) is 16.8. The van der Waals surface area contributed by atoms with E-state index in [0.29, 0.717) is 11.3 Å². The number of hydrogen-bond donors (Lipinski definition) is 1. The van der Waals surface area contributed by atoms with Crippen LogP contribution in [-0.4, -0.2) is 20.4 Å². The maximum atomic E-state index is 12.2. The molecule has 2 aromatic heterocycles. The summed E-state index contributed by atoms with van der Waals surface area (Å²) >= 11 is 13.2. The van der Waals surface area contributed by atoms with Gasteiger partial charge in [0, 0.05) is 36.2 Å². The number of pyridine rings is 1. The van der Waals surface area contributed by atoms with Crippen molar-refractivity contribution in [2.24, 2.45) is 7.05 Å². The molecule has 0 fully saturated rings. The smallest absolute Gasteiger partial charge is 0.257 e.